The minimum atomic E-state index is -0.434. The minimum Gasteiger partial charge on any atom is -0.330 e. The van der Waals surface area contributed by atoms with Gasteiger partial charge in [0.1, 0.15) is 5.82 Å². The molecule has 1 unspecified atom stereocenters. The van der Waals surface area contributed by atoms with E-state index in [2.05, 4.69) is 32.7 Å². The molecule has 1 atom stereocenters. The van der Waals surface area contributed by atoms with Crippen molar-refractivity contribution in [1.82, 2.24) is 9.55 Å². The van der Waals surface area contributed by atoms with Crippen LogP contribution in [0.25, 0.3) is 11.0 Å². The lowest BCUT2D eigenvalue weighted by Gasteiger charge is -2.29. The molecule has 1 aromatic carbocycles. The molecule has 2 aromatic rings. The quantitative estimate of drug-likeness (QED) is 0.724. The Kier molecular flexibility index (Phi) is 3.28. The van der Waals surface area contributed by atoms with Gasteiger partial charge < -0.3 is 9.55 Å². The molecule has 0 bridgehead atoms. The van der Waals surface area contributed by atoms with Crippen molar-refractivity contribution >= 4 is 34.9 Å². The molecule has 0 aliphatic heterocycles. The Labute approximate surface area is 116 Å². The third-order valence-electron chi connectivity index (χ3n) is 3.40. The number of halogens is 2. The summed E-state index contributed by atoms with van der Waals surface area (Å²) in [6.45, 7) is 8.52. The number of aromatic amines is 1. The van der Waals surface area contributed by atoms with Gasteiger partial charge in [-0.25, -0.2) is 4.39 Å². The SMILES string of the molecule is CC(n1c(=S)[nH]c2cc(F)c(Cl)cc21)C(C)(C)C. The number of hydrogen-bond acceptors (Lipinski definition) is 1. The summed E-state index contributed by atoms with van der Waals surface area (Å²) in [5.74, 6) is -0.434. The maximum absolute atomic E-state index is 13.4. The van der Waals surface area contributed by atoms with Crippen LogP contribution in [-0.4, -0.2) is 9.55 Å². The second-order valence-corrected chi connectivity index (χ2v) is 6.42. The Morgan fingerprint density at radius 2 is 2.00 bits per heavy atom. The minimum absolute atomic E-state index is 0.0498. The second kappa shape index (κ2) is 4.35. The van der Waals surface area contributed by atoms with Crippen LogP contribution < -0.4 is 0 Å². The van der Waals surface area contributed by atoms with Gasteiger partial charge in [0.2, 0.25) is 0 Å². The first kappa shape index (κ1) is 13.6. The van der Waals surface area contributed by atoms with E-state index >= 15 is 0 Å². The summed E-state index contributed by atoms with van der Waals surface area (Å²) in [7, 11) is 0. The molecule has 1 aromatic heterocycles. The van der Waals surface area contributed by atoms with Crippen LogP contribution >= 0.6 is 23.8 Å². The molecule has 0 radical (unpaired) electrons. The lowest BCUT2D eigenvalue weighted by Crippen LogP contribution is -2.21. The zero-order chi connectivity index (χ0) is 13.7. The van der Waals surface area contributed by atoms with Crippen LogP contribution in [0.1, 0.15) is 33.7 Å². The molecular weight excluding hydrogens is 271 g/mol. The van der Waals surface area contributed by atoms with Crippen molar-refractivity contribution < 1.29 is 4.39 Å². The van der Waals surface area contributed by atoms with Gasteiger partial charge in [0, 0.05) is 12.1 Å². The molecule has 0 amide bonds. The van der Waals surface area contributed by atoms with E-state index in [1.165, 1.54) is 6.07 Å². The van der Waals surface area contributed by atoms with Gasteiger partial charge in [0.05, 0.1) is 16.1 Å². The number of aromatic nitrogens is 2. The van der Waals surface area contributed by atoms with Crippen LogP contribution in [0.3, 0.4) is 0 Å². The topological polar surface area (TPSA) is 20.7 Å². The van der Waals surface area contributed by atoms with Crippen LogP contribution in [0.2, 0.25) is 5.02 Å². The fourth-order valence-corrected chi connectivity index (χ4v) is 2.42. The van der Waals surface area contributed by atoms with E-state index in [-0.39, 0.29) is 16.5 Å². The summed E-state index contributed by atoms with van der Waals surface area (Å²) in [5.41, 5.74) is 1.57. The number of nitrogens with zero attached hydrogens (tertiary/aromatic N) is 1. The predicted molar refractivity (Wildman–Crippen MR) is 76.3 cm³/mol. The highest BCUT2D eigenvalue weighted by molar-refractivity contribution is 7.71. The van der Waals surface area contributed by atoms with E-state index in [9.17, 15) is 4.39 Å². The average molecular weight is 287 g/mol. The fraction of sp³-hybridized carbons (Fsp3) is 0.462. The third-order valence-corrected chi connectivity index (χ3v) is 3.99. The number of nitrogens with one attached hydrogen (secondary N) is 1. The lowest BCUT2D eigenvalue weighted by atomic mass is 9.88. The first-order valence-electron chi connectivity index (χ1n) is 5.81. The standard InChI is InChI=1S/C13H16ClFN2S/c1-7(13(2,3)4)17-11-5-8(14)9(15)6-10(11)16-12(17)18/h5-7H,1-4H3,(H,16,18). The molecule has 2 rings (SSSR count). The molecule has 0 aliphatic rings. The van der Waals surface area contributed by atoms with Crippen molar-refractivity contribution in [1.29, 1.82) is 0 Å². The molecule has 98 valence electrons. The molecule has 18 heavy (non-hydrogen) atoms. The molecule has 2 nitrogen and oxygen atoms in total. The van der Waals surface area contributed by atoms with Gasteiger partial charge in [0.25, 0.3) is 0 Å². The monoisotopic (exact) mass is 286 g/mol. The van der Waals surface area contributed by atoms with Gasteiger partial charge in [-0.2, -0.15) is 0 Å². The third kappa shape index (κ3) is 2.19. The summed E-state index contributed by atoms with van der Waals surface area (Å²) in [4.78, 5) is 3.03. The van der Waals surface area contributed by atoms with Gasteiger partial charge in [-0.3, -0.25) is 0 Å². The Balaban J connectivity index is 2.75. The van der Waals surface area contributed by atoms with Crippen LogP contribution in [0.15, 0.2) is 12.1 Å². The number of H-pyrrole nitrogens is 1. The van der Waals surface area contributed by atoms with Gasteiger partial charge in [-0.15, -0.1) is 0 Å². The molecule has 0 aliphatic carbocycles. The maximum Gasteiger partial charge on any atom is 0.178 e. The van der Waals surface area contributed by atoms with Crippen molar-refractivity contribution in [2.75, 3.05) is 0 Å². The van der Waals surface area contributed by atoms with Crippen LogP contribution in [0, 0.1) is 16.0 Å². The summed E-state index contributed by atoms with van der Waals surface area (Å²) >= 11 is 11.2. The number of fused-ring (bicyclic) bond motifs is 1. The van der Waals surface area contributed by atoms with Gasteiger partial charge in [-0.1, -0.05) is 32.4 Å². The Bertz CT molecular complexity index is 651. The lowest BCUT2D eigenvalue weighted by molar-refractivity contribution is 0.265. The van der Waals surface area contributed by atoms with Crippen LogP contribution in [-0.2, 0) is 0 Å². The number of benzene rings is 1. The van der Waals surface area contributed by atoms with Crippen molar-refractivity contribution in [3.63, 3.8) is 0 Å². The first-order chi connectivity index (χ1) is 8.21. The normalized spacial score (nSPS) is 14.1. The largest absolute Gasteiger partial charge is 0.330 e. The van der Waals surface area contributed by atoms with E-state index in [1.54, 1.807) is 6.07 Å². The van der Waals surface area contributed by atoms with Crippen LogP contribution in [0.5, 0.6) is 0 Å². The van der Waals surface area contributed by atoms with Gasteiger partial charge in [-0.05, 0) is 30.6 Å². The van der Waals surface area contributed by atoms with Crippen molar-refractivity contribution in [2.24, 2.45) is 5.41 Å². The summed E-state index contributed by atoms with van der Waals surface area (Å²) in [5, 5.41) is 0.117. The highest BCUT2D eigenvalue weighted by atomic mass is 35.5. The van der Waals surface area contributed by atoms with Crippen molar-refractivity contribution in [2.45, 2.75) is 33.7 Å². The Hall–Kier alpha value is -0.870. The number of imidazole rings is 1. The van der Waals surface area contributed by atoms with Crippen molar-refractivity contribution in [3.8, 4) is 0 Å². The zero-order valence-corrected chi connectivity index (χ0v) is 12.4. The molecule has 0 saturated heterocycles. The van der Waals surface area contributed by atoms with Gasteiger partial charge >= 0.3 is 0 Å². The summed E-state index contributed by atoms with van der Waals surface area (Å²) < 4.78 is 16.0. The predicted octanol–water partition coefficient (Wildman–Crippen LogP) is 5.10. The van der Waals surface area contributed by atoms with E-state index < -0.39 is 5.82 Å². The fourth-order valence-electron chi connectivity index (χ4n) is 1.89. The van der Waals surface area contributed by atoms with E-state index in [0.717, 1.165) is 5.52 Å². The van der Waals surface area contributed by atoms with Crippen LogP contribution in [0.4, 0.5) is 4.39 Å². The highest BCUT2D eigenvalue weighted by Gasteiger charge is 2.24. The number of rotatable bonds is 1. The van der Waals surface area contributed by atoms with Crippen molar-refractivity contribution in [3.05, 3.63) is 27.7 Å². The molecular formula is C13H16ClFN2S. The molecule has 0 saturated carbocycles. The first-order valence-corrected chi connectivity index (χ1v) is 6.59. The molecule has 5 heteroatoms. The zero-order valence-electron chi connectivity index (χ0n) is 10.8. The smallest absolute Gasteiger partial charge is 0.178 e. The molecule has 0 fully saturated rings. The average Bonchev–Trinajstić information content (AvgIpc) is 2.52. The highest BCUT2D eigenvalue weighted by Crippen LogP contribution is 2.34. The van der Waals surface area contributed by atoms with Gasteiger partial charge in [0.15, 0.2) is 4.77 Å². The number of hydrogen-bond donors (Lipinski definition) is 1. The van der Waals surface area contributed by atoms with E-state index in [0.29, 0.717) is 10.3 Å². The maximum atomic E-state index is 13.4. The summed E-state index contributed by atoms with van der Waals surface area (Å²) in [6.07, 6.45) is 0. The molecule has 1 heterocycles. The molecule has 0 spiro atoms. The molecule has 1 N–H and O–H groups in total. The summed E-state index contributed by atoms with van der Waals surface area (Å²) in [6, 6.07) is 3.19. The van der Waals surface area contributed by atoms with E-state index in [4.69, 9.17) is 23.8 Å². The Morgan fingerprint density at radius 1 is 1.39 bits per heavy atom. The van der Waals surface area contributed by atoms with E-state index in [1.807, 2.05) is 4.57 Å². The second-order valence-electron chi connectivity index (χ2n) is 5.63. The Morgan fingerprint density at radius 3 is 2.56 bits per heavy atom.